The van der Waals surface area contributed by atoms with Crippen molar-refractivity contribution in [3.8, 4) is 0 Å². The Morgan fingerprint density at radius 3 is 2.41 bits per heavy atom. The van der Waals surface area contributed by atoms with Crippen molar-refractivity contribution in [2.75, 3.05) is 6.61 Å². The fraction of sp³-hybridized carbons (Fsp3) is 0.300. The number of hydrogen-bond donors (Lipinski definition) is 1. The molecular weight excluding hydrogens is 255 g/mol. The van der Waals surface area contributed by atoms with Crippen molar-refractivity contribution in [2.24, 2.45) is 0 Å². The van der Waals surface area contributed by atoms with Crippen molar-refractivity contribution in [1.29, 1.82) is 0 Å². The van der Waals surface area contributed by atoms with Crippen LogP contribution in [0.1, 0.15) is 11.6 Å². The first kappa shape index (κ1) is 12.1. The van der Waals surface area contributed by atoms with E-state index in [9.17, 15) is 18.0 Å². The summed E-state index contributed by atoms with van der Waals surface area (Å²) in [5.74, 6) is 0. The number of thioether (sulfide) groups is 1. The number of hydrogen-bond acceptors (Lipinski definition) is 3. The fourth-order valence-corrected chi connectivity index (χ4v) is 2.01. The van der Waals surface area contributed by atoms with Gasteiger partial charge in [0.05, 0.1) is 6.04 Å². The summed E-state index contributed by atoms with van der Waals surface area (Å²) in [7, 11) is 0. The lowest BCUT2D eigenvalue weighted by Crippen LogP contribution is -2.18. The van der Waals surface area contributed by atoms with Crippen molar-refractivity contribution in [1.82, 2.24) is 5.32 Å². The maximum absolute atomic E-state index is 12.1. The summed E-state index contributed by atoms with van der Waals surface area (Å²) in [6.07, 6.45) is -0.510. The molecule has 1 N–H and O–H groups in total. The first-order valence-electron chi connectivity index (χ1n) is 4.73. The number of carbonyl (C=O) groups excluding carboxylic acids is 1. The van der Waals surface area contributed by atoms with Crippen LogP contribution in [0.15, 0.2) is 29.2 Å². The van der Waals surface area contributed by atoms with Gasteiger partial charge in [-0.15, -0.1) is 0 Å². The van der Waals surface area contributed by atoms with Crippen LogP contribution in [0.5, 0.6) is 0 Å². The second kappa shape index (κ2) is 4.48. The number of carbonyl (C=O) groups is 1. The predicted molar refractivity (Wildman–Crippen MR) is 55.6 cm³/mol. The maximum atomic E-state index is 12.1. The van der Waals surface area contributed by atoms with Gasteiger partial charge in [-0.05, 0) is 29.5 Å². The Morgan fingerprint density at radius 1 is 1.29 bits per heavy atom. The van der Waals surface area contributed by atoms with Crippen molar-refractivity contribution >= 4 is 17.9 Å². The lowest BCUT2D eigenvalue weighted by atomic mass is 10.1. The summed E-state index contributed by atoms with van der Waals surface area (Å²) in [5.41, 5.74) is -3.56. The molecule has 1 aliphatic heterocycles. The van der Waals surface area contributed by atoms with E-state index in [1.807, 2.05) is 0 Å². The Bertz CT molecular complexity index is 419. The minimum Gasteiger partial charge on any atom is -0.447 e. The summed E-state index contributed by atoms with van der Waals surface area (Å²) in [5, 5.41) is 2.55. The fourth-order valence-electron chi connectivity index (χ4n) is 1.47. The van der Waals surface area contributed by atoms with Gasteiger partial charge in [0.25, 0.3) is 0 Å². The van der Waals surface area contributed by atoms with Crippen LogP contribution in [0.25, 0.3) is 0 Å². The highest BCUT2D eigenvalue weighted by Gasteiger charge is 2.29. The SMILES string of the molecule is O=C1N[C@@H](c2ccc(SC(F)(F)F)cc2)CO1. The van der Waals surface area contributed by atoms with E-state index >= 15 is 0 Å². The number of cyclic esters (lactones) is 1. The molecule has 0 radical (unpaired) electrons. The number of rotatable bonds is 2. The maximum Gasteiger partial charge on any atom is 0.446 e. The third-order valence-corrected chi connectivity index (χ3v) is 2.93. The van der Waals surface area contributed by atoms with Crippen LogP contribution in [0.4, 0.5) is 18.0 Å². The van der Waals surface area contributed by atoms with E-state index in [0.29, 0.717) is 0 Å². The molecule has 0 unspecified atom stereocenters. The third-order valence-electron chi connectivity index (χ3n) is 2.19. The summed E-state index contributed by atoms with van der Waals surface area (Å²) in [6.45, 7) is 0.199. The van der Waals surface area contributed by atoms with Crippen molar-refractivity contribution in [3.63, 3.8) is 0 Å². The topological polar surface area (TPSA) is 38.3 Å². The molecule has 1 amide bonds. The Kier molecular flexibility index (Phi) is 3.19. The molecule has 2 rings (SSSR count). The van der Waals surface area contributed by atoms with E-state index in [1.165, 1.54) is 12.1 Å². The predicted octanol–water partition coefficient (Wildman–Crippen LogP) is 3.08. The molecule has 0 saturated carbocycles. The molecule has 1 aromatic carbocycles. The molecule has 1 heterocycles. The first-order chi connectivity index (χ1) is 7.94. The molecule has 1 fully saturated rings. The number of alkyl halides is 3. The highest BCUT2D eigenvalue weighted by atomic mass is 32.2. The van der Waals surface area contributed by atoms with Crippen molar-refractivity contribution in [2.45, 2.75) is 16.4 Å². The molecule has 0 spiro atoms. The zero-order valence-electron chi connectivity index (χ0n) is 8.45. The highest BCUT2D eigenvalue weighted by Crippen LogP contribution is 2.37. The molecule has 1 aromatic rings. The van der Waals surface area contributed by atoms with Gasteiger partial charge in [0.1, 0.15) is 6.61 Å². The molecule has 1 saturated heterocycles. The zero-order chi connectivity index (χ0) is 12.5. The number of benzene rings is 1. The van der Waals surface area contributed by atoms with Gasteiger partial charge in [0.2, 0.25) is 0 Å². The standard InChI is InChI=1S/C10H8F3NO2S/c11-10(12,13)17-7-3-1-6(2-4-7)8-5-16-9(15)14-8/h1-4,8H,5H2,(H,14,15)/t8-/m1/s1. The molecule has 0 aromatic heterocycles. The van der Waals surface area contributed by atoms with Gasteiger partial charge in [0, 0.05) is 4.90 Å². The van der Waals surface area contributed by atoms with E-state index in [0.717, 1.165) is 5.56 Å². The molecule has 92 valence electrons. The molecule has 0 aliphatic carbocycles. The van der Waals surface area contributed by atoms with E-state index in [-0.39, 0.29) is 29.3 Å². The van der Waals surface area contributed by atoms with Crippen LogP contribution >= 0.6 is 11.8 Å². The minimum absolute atomic E-state index is 0.117. The summed E-state index contributed by atoms with van der Waals surface area (Å²) >= 11 is -0.166. The largest absolute Gasteiger partial charge is 0.447 e. The molecular formula is C10H8F3NO2S. The second-order valence-electron chi connectivity index (χ2n) is 3.41. The molecule has 17 heavy (non-hydrogen) atoms. The van der Waals surface area contributed by atoms with Crippen LogP contribution in [-0.4, -0.2) is 18.2 Å². The number of halogens is 3. The number of nitrogens with one attached hydrogen (secondary N) is 1. The third kappa shape index (κ3) is 3.29. The average molecular weight is 263 g/mol. The molecule has 1 aliphatic rings. The second-order valence-corrected chi connectivity index (χ2v) is 4.55. The van der Waals surface area contributed by atoms with Crippen LogP contribution in [0, 0.1) is 0 Å². The molecule has 3 nitrogen and oxygen atoms in total. The number of ether oxygens (including phenoxy) is 1. The zero-order valence-corrected chi connectivity index (χ0v) is 9.27. The summed E-state index contributed by atoms with van der Waals surface area (Å²) in [6, 6.07) is 5.56. The van der Waals surface area contributed by atoms with Crippen LogP contribution in [-0.2, 0) is 4.74 Å². The van der Waals surface area contributed by atoms with Crippen molar-refractivity contribution < 1.29 is 22.7 Å². The van der Waals surface area contributed by atoms with Gasteiger partial charge in [0.15, 0.2) is 0 Å². The van der Waals surface area contributed by atoms with E-state index in [4.69, 9.17) is 4.74 Å². The Hall–Kier alpha value is -1.37. The van der Waals surface area contributed by atoms with Gasteiger partial charge in [-0.2, -0.15) is 13.2 Å². The lowest BCUT2D eigenvalue weighted by molar-refractivity contribution is -0.0328. The molecule has 1 atom stereocenters. The lowest BCUT2D eigenvalue weighted by Gasteiger charge is -2.09. The molecule has 7 heteroatoms. The Labute approximate surface area is 99.3 Å². The van der Waals surface area contributed by atoms with E-state index < -0.39 is 11.6 Å². The quantitative estimate of drug-likeness (QED) is 0.833. The van der Waals surface area contributed by atoms with E-state index in [1.54, 1.807) is 12.1 Å². The monoisotopic (exact) mass is 263 g/mol. The van der Waals surface area contributed by atoms with Gasteiger partial charge in [-0.1, -0.05) is 12.1 Å². The Balaban J connectivity index is 2.05. The summed E-state index contributed by atoms with van der Waals surface area (Å²) < 4.78 is 40.9. The van der Waals surface area contributed by atoms with Gasteiger partial charge >= 0.3 is 11.6 Å². The van der Waals surface area contributed by atoms with Gasteiger partial charge < -0.3 is 10.1 Å². The highest BCUT2D eigenvalue weighted by molar-refractivity contribution is 8.00. The van der Waals surface area contributed by atoms with Gasteiger partial charge in [-0.25, -0.2) is 4.79 Å². The number of amides is 1. The average Bonchev–Trinajstić information content (AvgIpc) is 2.63. The first-order valence-corrected chi connectivity index (χ1v) is 5.55. The smallest absolute Gasteiger partial charge is 0.446 e. The van der Waals surface area contributed by atoms with Crippen LogP contribution in [0.3, 0.4) is 0 Å². The van der Waals surface area contributed by atoms with Crippen molar-refractivity contribution in [3.05, 3.63) is 29.8 Å². The van der Waals surface area contributed by atoms with E-state index in [2.05, 4.69) is 5.32 Å². The minimum atomic E-state index is -4.29. The normalized spacial score (nSPS) is 19.9. The van der Waals surface area contributed by atoms with Crippen LogP contribution in [0.2, 0.25) is 0 Å². The van der Waals surface area contributed by atoms with Crippen LogP contribution < -0.4 is 5.32 Å². The van der Waals surface area contributed by atoms with Gasteiger partial charge in [-0.3, -0.25) is 0 Å². The molecule has 0 bridgehead atoms. The Morgan fingerprint density at radius 2 is 1.94 bits per heavy atom. The number of alkyl carbamates (subject to hydrolysis) is 1. The summed E-state index contributed by atoms with van der Waals surface area (Å²) in [4.78, 5) is 10.9.